The molecule has 2 amide bonds. The highest BCUT2D eigenvalue weighted by atomic mass is 35.5. The molecule has 0 aliphatic carbocycles. The number of methoxy groups -OCH3 is 2. The second-order valence-corrected chi connectivity index (χ2v) is 5.84. The van der Waals surface area contributed by atoms with Crippen LogP contribution in [-0.2, 0) is 9.53 Å². The van der Waals surface area contributed by atoms with E-state index in [4.69, 9.17) is 21.1 Å². The van der Waals surface area contributed by atoms with Crippen LogP contribution in [0.25, 0.3) is 0 Å². The Morgan fingerprint density at radius 1 is 1.43 bits per heavy atom. The molecule has 0 aromatic heterocycles. The molecule has 0 radical (unpaired) electrons. The lowest BCUT2D eigenvalue weighted by molar-refractivity contribution is -0.142. The molecule has 1 unspecified atom stereocenters. The predicted molar refractivity (Wildman–Crippen MR) is 82.0 cm³/mol. The van der Waals surface area contributed by atoms with Crippen molar-refractivity contribution in [1.29, 1.82) is 0 Å². The summed E-state index contributed by atoms with van der Waals surface area (Å²) in [5, 5.41) is 2.56. The zero-order valence-corrected chi connectivity index (χ0v) is 13.2. The van der Waals surface area contributed by atoms with E-state index >= 15 is 0 Å². The molecule has 0 saturated carbocycles. The number of ether oxygens (including phenoxy) is 2. The first-order valence-corrected chi connectivity index (χ1v) is 7.60. The first-order chi connectivity index (χ1) is 10.1. The van der Waals surface area contributed by atoms with E-state index in [0.717, 1.165) is 0 Å². The fraction of sp³-hybridized carbons (Fsp3) is 0.385. The number of hydrogen-bond donors (Lipinski definition) is 1. The number of benzene rings is 1. The number of thioether (sulfide) groups is 1. The maximum atomic E-state index is 12.3. The first-order valence-electron chi connectivity index (χ1n) is 6.17. The molecule has 0 spiro atoms. The van der Waals surface area contributed by atoms with Crippen molar-refractivity contribution < 1.29 is 19.1 Å². The maximum absolute atomic E-state index is 12.3. The Morgan fingerprint density at radius 3 is 2.86 bits per heavy atom. The van der Waals surface area contributed by atoms with E-state index in [2.05, 4.69) is 5.32 Å². The van der Waals surface area contributed by atoms with Crippen molar-refractivity contribution in [2.75, 3.05) is 31.8 Å². The molecule has 1 fully saturated rings. The topological polar surface area (TPSA) is 67.9 Å². The molecule has 1 heterocycles. The Balaban J connectivity index is 2.14. The minimum Gasteiger partial charge on any atom is -0.495 e. The highest BCUT2D eigenvalue weighted by Gasteiger charge is 2.35. The van der Waals surface area contributed by atoms with Crippen molar-refractivity contribution in [1.82, 2.24) is 4.90 Å². The number of esters is 1. The second-order valence-electron chi connectivity index (χ2n) is 4.21. The van der Waals surface area contributed by atoms with Crippen LogP contribution in [0.4, 0.5) is 10.5 Å². The number of urea groups is 1. The smallest absolute Gasteiger partial charge is 0.339 e. The van der Waals surface area contributed by atoms with Gasteiger partial charge >= 0.3 is 12.0 Å². The third-order valence-corrected chi connectivity index (χ3v) is 4.37. The minimum atomic E-state index is -0.625. The van der Waals surface area contributed by atoms with Crippen LogP contribution in [0.2, 0.25) is 5.02 Å². The van der Waals surface area contributed by atoms with E-state index < -0.39 is 17.4 Å². The lowest BCUT2D eigenvalue weighted by Gasteiger charge is -2.22. The SMILES string of the molecule is COC(=O)C1SCCN1C(=O)Nc1cc(Cl)ccc1OC. The largest absolute Gasteiger partial charge is 0.495 e. The summed E-state index contributed by atoms with van der Waals surface area (Å²) < 4.78 is 9.87. The van der Waals surface area contributed by atoms with E-state index in [0.29, 0.717) is 28.8 Å². The normalized spacial score (nSPS) is 17.5. The summed E-state index contributed by atoms with van der Waals surface area (Å²) in [6.07, 6.45) is 0. The molecule has 6 nitrogen and oxygen atoms in total. The molecule has 114 valence electrons. The van der Waals surface area contributed by atoms with Gasteiger partial charge in [0, 0.05) is 17.3 Å². The van der Waals surface area contributed by atoms with Gasteiger partial charge in [0.15, 0.2) is 5.37 Å². The summed E-state index contributed by atoms with van der Waals surface area (Å²) >= 11 is 7.29. The van der Waals surface area contributed by atoms with Crippen LogP contribution in [0.5, 0.6) is 5.75 Å². The van der Waals surface area contributed by atoms with Gasteiger partial charge in [-0.05, 0) is 18.2 Å². The predicted octanol–water partition coefficient (Wildman–Crippen LogP) is 2.43. The van der Waals surface area contributed by atoms with Gasteiger partial charge in [0.2, 0.25) is 0 Å². The third kappa shape index (κ3) is 3.54. The van der Waals surface area contributed by atoms with Crippen molar-refractivity contribution in [3.63, 3.8) is 0 Å². The van der Waals surface area contributed by atoms with Crippen LogP contribution in [0.1, 0.15) is 0 Å². The lowest BCUT2D eigenvalue weighted by atomic mass is 10.3. The summed E-state index contributed by atoms with van der Waals surface area (Å²) in [5.41, 5.74) is 0.454. The highest BCUT2D eigenvalue weighted by molar-refractivity contribution is 8.00. The van der Waals surface area contributed by atoms with Crippen molar-refractivity contribution in [2.24, 2.45) is 0 Å². The molecule has 8 heteroatoms. The average molecular weight is 331 g/mol. The molecule has 0 bridgehead atoms. The van der Waals surface area contributed by atoms with Crippen LogP contribution >= 0.6 is 23.4 Å². The highest BCUT2D eigenvalue weighted by Crippen LogP contribution is 2.30. The Labute approximate surface area is 131 Å². The molecule has 2 rings (SSSR count). The number of anilines is 1. The fourth-order valence-electron chi connectivity index (χ4n) is 1.94. The van der Waals surface area contributed by atoms with Gasteiger partial charge in [-0.2, -0.15) is 0 Å². The van der Waals surface area contributed by atoms with Crippen LogP contribution in [0.15, 0.2) is 18.2 Å². The van der Waals surface area contributed by atoms with E-state index in [1.54, 1.807) is 18.2 Å². The number of nitrogens with one attached hydrogen (secondary N) is 1. The number of nitrogens with zero attached hydrogens (tertiary/aromatic N) is 1. The van der Waals surface area contributed by atoms with Gasteiger partial charge in [0.05, 0.1) is 19.9 Å². The molecule has 1 saturated heterocycles. The Morgan fingerprint density at radius 2 is 2.19 bits per heavy atom. The molecule has 1 aliphatic heterocycles. The number of carbonyl (C=O) groups is 2. The molecular weight excluding hydrogens is 316 g/mol. The van der Waals surface area contributed by atoms with Crippen LogP contribution in [-0.4, -0.2) is 48.8 Å². The minimum absolute atomic E-state index is 0.393. The third-order valence-electron chi connectivity index (χ3n) is 2.96. The summed E-state index contributed by atoms with van der Waals surface area (Å²) in [6, 6.07) is 4.53. The van der Waals surface area contributed by atoms with Gasteiger partial charge in [-0.1, -0.05) is 11.6 Å². The number of amides is 2. The van der Waals surface area contributed by atoms with Crippen LogP contribution in [0.3, 0.4) is 0 Å². The maximum Gasteiger partial charge on any atom is 0.339 e. The molecule has 1 atom stereocenters. The summed E-state index contributed by atoms with van der Waals surface area (Å²) in [5.74, 6) is 0.736. The van der Waals surface area contributed by atoms with Gasteiger partial charge in [-0.15, -0.1) is 11.8 Å². The molecule has 1 N–H and O–H groups in total. The van der Waals surface area contributed by atoms with E-state index in [1.807, 2.05) is 0 Å². The number of hydrogen-bond acceptors (Lipinski definition) is 5. The van der Waals surface area contributed by atoms with Crippen molar-refractivity contribution in [3.8, 4) is 5.75 Å². The Bertz CT molecular complexity index is 555. The van der Waals surface area contributed by atoms with Gasteiger partial charge in [-0.3, -0.25) is 0 Å². The van der Waals surface area contributed by atoms with Gasteiger partial charge in [0.1, 0.15) is 5.75 Å². The second kappa shape index (κ2) is 6.91. The van der Waals surface area contributed by atoms with E-state index in [1.165, 1.54) is 30.9 Å². The quantitative estimate of drug-likeness (QED) is 0.862. The summed E-state index contributed by atoms with van der Waals surface area (Å²) in [4.78, 5) is 25.4. The number of carbonyl (C=O) groups excluding carboxylic acids is 2. The van der Waals surface area contributed by atoms with Crippen molar-refractivity contribution in [3.05, 3.63) is 23.2 Å². The molecule has 1 aliphatic rings. The summed E-state index contributed by atoms with van der Waals surface area (Å²) in [6.45, 7) is 0.471. The number of halogens is 1. The first kappa shape index (κ1) is 15.8. The molecule has 1 aromatic rings. The van der Waals surface area contributed by atoms with Gasteiger partial charge in [0.25, 0.3) is 0 Å². The Kier molecular flexibility index (Phi) is 5.19. The van der Waals surface area contributed by atoms with Gasteiger partial charge < -0.3 is 19.7 Å². The Hall–Kier alpha value is -1.60. The van der Waals surface area contributed by atoms with Crippen molar-refractivity contribution >= 4 is 41.1 Å². The molecule has 1 aromatic carbocycles. The standard InChI is InChI=1S/C13H15ClN2O4S/c1-19-10-4-3-8(14)7-9(10)15-13(18)16-5-6-21-11(16)12(17)20-2/h3-4,7,11H,5-6H2,1-2H3,(H,15,18). The van der Waals surface area contributed by atoms with Crippen LogP contribution in [0, 0.1) is 0 Å². The lowest BCUT2D eigenvalue weighted by Crippen LogP contribution is -2.42. The molecule has 21 heavy (non-hydrogen) atoms. The van der Waals surface area contributed by atoms with Crippen LogP contribution < -0.4 is 10.1 Å². The number of rotatable bonds is 3. The van der Waals surface area contributed by atoms with Gasteiger partial charge in [-0.25, -0.2) is 9.59 Å². The monoisotopic (exact) mass is 330 g/mol. The zero-order chi connectivity index (χ0) is 15.4. The van der Waals surface area contributed by atoms with E-state index in [-0.39, 0.29) is 0 Å². The summed E-state index contributed by atoms with van der Waals surface area (Å²) in [7, 11) is 2.80. The fourth-order valence-corrected chi connectivity index (χ4v) is 3.25. The average Bonchev–Trinajstić information content (AvgIpc) is 2.96. The van der Waals surface area contributed by atoms with Crippen molar-refractivity contribution in [2.45, 2.75) is 5.37 Å². The van der Waals surface area contributed by atoms with E-state index in [9.17, 15) is 9.59 Å². The molecular formula is C13H15ClN2O4S. The zero-order valence-electron chi connectivity index (χ0n) is 11.6.